The molecule has 10 heteroatoms. The second-order valence-electron chi connectivity index (χ2n) is 6.49. The van der Waals surface area contributed by atoms with Crippen molar-refractivity contribution < 1.29 is 9.59 Å². The van der Waals surface area contributed by atoms with Gasteiger partial charge in [-0.05, 0) is 36.4 Å². The second-order valence-corrected chi connectivity index (χ2v) is 6.49. The molecule has 0 spiro atoms. The van der Waals surface area contributed by atoms with Crippen LogP contribution in [0.5, 0.6) is 0 Å². The third kappa shape index (κ3) is 3.34. The van der Waals surface area contributed by atoms with Crippen LogP contribution in [0.2, 0.25) is 0 Å². The van der Waals surface area contributed by atoms with E-state index in [9.17, 15) is 9.59 Å². The number of H-pyrrole nitrogens is 2. The van der Waals surface area contributed by atoms with Gasteiger partial charge in [-0.25, -0.2) is 9.97 Å². The quantitative estimate of drug-likeness (QED) is 0.125. The number of carbonyl (C=O) groups is 2. The number of hydrogen-bond donors (Lipinski definition) is 6. The molecule has 4 aromatic rings. The van der Waals surface area contributed by atoms with Crippen molar-refractivity contribution in [2.24, 2.45) is 11.5 Å². The fraction of sp³-hybridized carbons (Fsp3) is 0.0526. The normalized spacial score (nSPS) is 11.0. The number of carbonyl (C=O) groups excluding carboxylic acids is 2. The van der Waals surface area contributed by atoms with Crippen LogP contribution in [0.4, 0.5) is 0 Å². The number of aromatic nitrogens is 4. The Balaban J connectivity index is 1.57. The number of amidine groups is 2. The molecule has 0 aliphatic rings. The van der Waals surface area contributed by atoms with Gasteiger partial charge in [0, 0.05) is 11.1 Å². The predicted octanol–water partition coefficient (Wildman–Crippen LogP) is 1.46. The summed E-state index contributed by atoms with van der Waals surface area (Å²) < 4.78 is 0. The lowest BCUT2D eigenvalue weighted by Crippen LogP contribution is -2.11. The Morgan fingerprint density at radius 3 is 1.59 bits per heavy atom. The van der Waals surface area contributed by atoms with E-state index in [2.05, 4.69) is 19.9 Å². The van der Waals surface area contributed by atoms with Crippen LogP contribution in [0.25, 0.3) is 22.1 Å². The minimum atomic E-state index is -0.486. The van der Waals surface area contributed by atoms with E-state index in [4.69, 9.17) is 22.3 Å². The molecule has 29 heavy (non-hydrogen) atoms. The Kier molecular flexibility index (Phi) is 4.15. The second kappa shape index (κ2) is 6.68. The highest BCUT2D eigenvalue weighted by molar-refractivity contribution is 6.12. The zero-order chi connectivity index (χ0) is 20.7. The van der Waals surface area contributed by atoms with Gasteiger partial charge in [-0.15, -0.1) is 0 Å². The summed E-state index contributed by atoms with van der Waals surface area (Å²) >= 11 is 0. The summed E-state index contributed by atoms with van der Waals surface area (Å²) in [5.74, 6) is -1.07. The summed E-state index contributed by atoms with van der Waals surface area (Å²) in [5, 5.41) is 14.9. The molecular weight excluding hydrogens is 372 g/mol. The average Bonchev–Trinajstić information content (AvgIpc) is 3.30. The van der Waals surface area contributed by atoms with Crippen molar-refractivity contribution in [2.45, 2.75) is 6.42 Å². The highest BCUT2D eigenvalue weighted by atomic mass is 16.1. The average molecular weight is 388 g/mol. The highest BCUT2D eigenvalue weighted by Crippen LogP contribution is 2.17. The molecule has 2 aromatic heterocycles. The van der Waals surface area contributed by atoms with Gasteiger partial charge in [-0.3, -0.25) is 20.4 Å². The molecule has 0 bridgehead atoms. The van der Waals surface area contributed by atoms with Crippen LogP contribution in [-0.2, 0) is 0 Å². The summed E-state index contributed by atoms with van der Waals surface area (Å²) in [6.07, 6.45) is -0.418. The highest BCUT2D eigenvalue weighted by Gasteiger charge is 2.20. The van der Waals surface area contributed by atoms with Crippen LogP contribution in [0, 0.1) is 10.8 Å². The van der Waals surface area contributed by atoms with Gasteiger partial charge < -0.3 is 21.4 Å². The van der Waals surface area contributed by atoms with E-state index >= 15 is 0 Å². The van der Waals surface area contributed by atoms with E-state index in [-0.39, 0.29) is 23.3 Å². The maximum atomic E-state index is 12.5. The van der Waals surface area contributed by atoms with Gasteiger partial charge in [0.2, 0.25) is 11.6 Å². The Morgan fingerprint density at radius 1 is 0.793 bits per heavy atom. The number of imidazole rings is 2. The fourth-order valence-electron chi connectivity index (χ4n) is 2.93. The van der Waals surface area contributed by atoms with E-state index in [1.807, 2.05) is 0 Å². The molecule has 0 fully saturated rings. The van der Waals surface area contributed by atoms with Crippen molar-refractivity contribution in [2.75, 3.05) is 0 Å². The van der Waals surface area contributed by atoms with Crippen LogP contribution in [0.15, 0.2) is 36.4 Å². The SMILES string of the molecule is N=C(N)c1ccc2nc(C(=O)CC(=O)c3nc4ccc(C(=N)N)cc4[nH]3)[nH]c2c1. The van der Waals surface area contributed by atoms with Crippen LogP contribution < -0.4 is 11.5 Å². The Morgan fingerprint density at radius 2 is 1.21 bits per heavy atom. The standard InChI is InChI=1S/C19H16N8O2/c20-16(21)8-1-3-10-12(5-8)26-18(24-10)14(28)7-15(29)19-25-11-4-2-9(17(22)23)6-13(11)27-19/h1-6H,7H2,(H3,20,21)(H3,22,23)(H,24,26)(H,25,27). The number of nitrogen functional groups attached to an aromatic ring is 2. The van der Waals surface area contributed by atoms with Crippen LogP contribution in [0.3, 0.4) is 0 Å². The summed E-state index contributed by atoms with van der Waals surface area (Å²) in [4.78, 5) is 39.1. The molecule has 0 amide bonds. The summed E-state index contributed by atoms with van der Waals surface area (Å²) in [6.45, 7) is 0. The number of aromatic amines is 2. The molecule has 0 saturated carbocycles. The number of Topliss-reactive ketones (excluding diaryl/α,β-unsaturated/α-hetero) is 2. The summed E-state index contributed by atoms with van der Waals surface area (Å²) in [5.41, 5.74) is 14.1. The van der Waals surface area contributed by atoms with Crippen molar-refractivity contribution in [3.8, 4) is 0 Å². The van der Waals surface area contributed by atoms with Crippen molar-refractivity contribution in [3.63, 3.8) is 0 Å². The van der Waals surface area contributed by atoms with Gasteiger partial charge in [-0.1, -0.05) is 0 Å². The molecular formula is C19H16N8O2. The number of ketones is 2. The Bertz CT molecular complexity index is 1230. The first-order valence-corrected chi connectivity index (χ1v) is 8.56. The third-order valence-corrected chi connectivity index (χ3v) is 4.44. The van der Waals surface area contributed by atoms with E-state index in [0.717, 1.165) is 0 Å². The molecule has 0 atom stereocenters. The number of benzene rings is 2. The van der Waals surface area contributed by atoms with Gasteiger partial charge >= 0.3 is 0 Å². The van der Waals surface area contributed by atoms with Gasteiger partial charge in [-0.2, -0.15) is 0 Å². The summed E-state index contributed by atoms with van der Waals surface area (Å²) in [6, 6.07) is 9.80. The summed E-state index contributed by atoms with van der Waals surface area (Å²) in [7, 11) is 0. The lowest BCUT2D eigenvalue weighted by atomic mass is 10.2. The largest absolute Gasteiger partial charge is 0.384 e. The van der Waals surface area contributed by atoms with Crippen molar-refractivity contribution in [1.82, 2.24) is 19.9 Å². The van der Waals surface area contributed by atoms with Crippen molar-refractivity contribution >= 4 is 45.3 Å². The number of nitrogens with two attached hydrogens (primary N) is 2. The van der Waals surface area contributed by atoms with E-state index < -0.39 is 18.0 Å². The predicted molar refractivity (Wildman–Crippen MR) is 107 cm³/mol. The number of nitrogens with zero attached hydrogens (tertiary/aromatic N) is 2. The Hall–Kier alpha value is -4.34. The molecule has 0 radical (unpaired) electrons. The van der Waals surface area contributed by atoms with Crippen molar-refractivity contribution in [3.05, 3.63) is 59.2 Å². The monoisotopic (exact) mass is 388 g/mol. The Labute approximate surface area is 163 Å². The van der Waals surface area contributed by atoms with Gasteiger partial charge in [0.15, 0.2) is 11.6 Å². The number of fused-ring (bicyclic) bond motifs is 2. The fourth-order valence-corrected chi connectivity index (χ4v) is 2.93. The van der Waals surface area contributed by atoms with Crippen molar-refractivity contribution in [1.29, 1.82) is 10.8 Å². The number of nitrogens with one attached hydrogen (secondary N) is 4. The first-order valence-electron chi connectivity index (χ1n) is 8.56. The lowest BCUT2D eigenvalue weighted by molar-refractivity contribution is 0.0884. The van der Waals surface area contributed by atoms with Crippen LogP contribution in [-0.4, -0.2) is 43.2 Å². The molecule has 144 valence electrons. The minimum absolute atomic E-state index is 0.0454. The van der Waals surface area contributed by atoms with E-state index in [1.165, 1.54) is 0 Å². The zero-order valence-corrected chi connectivity index (χ0v) is 15.0. The molecule has 10 nitrogen and oxygen atoms in total. The smallest absolute Gasteiger partial charge is 0.205 e. The van der Waals surface area contributed by atoms with Gasteiger partial charge in [0.25, 0.3) is 0 Å². The molecule has 0 unspecified atom stereocenters. The van der Waals surface area contributed by atoms with Gasteiger partial charge in [0.1, 0.15) is 11.7 Å². The third-order valence-electron chi connectivity index (χ3n) is 4.44. The zero-order valence-electron chi connectivity index (χ0n) is 15.0. The maximum absolute atomic E-state index is 12.5. The van der Waals surface area contributed by atoms with E-state index in [0.29, 0.717) is 33.2 Å². The topological polar surface area (TPSA) is 191 Å². The first-order chi connectivity index (χ1) is 13.8. The lowest BCUT2D eigenvalue weighted by Gasteiger charge is -1.96. The number of rotatable bonds is 6. The molecule has 0 saturated heterocycles. The molecule has 0 aliphatic heterocycles. The first kappa shape index (κ1) is 18.0. The maximum Gasteiger partial charge on any atom is 0.205 e. The van der Waals surface area contributed by atoms with Crippen LogP contribution in [0.1, 0.15) is 38.8 Å². The van der Waals surface area contributed by atoms with Gasteiger partial charge in [0.05, 0.1) is 28.5 Å². The molecule has 2 heterocycles. The van der Waals surface area contributed by atoms with E-state index in [1.54, 1.807) is 36.4 Å². The molecule has 2 aromatic carbocycles. The number of hydrogen-bond acceptors (Lipinski definition) is 6. The molecule has 4 rings (SSSR count). The van der Waals surface area contributed by atoms with Crippen LogP contribution >= 0.6 is 0 Å². The minimum Gasteiger partial charge on any atom is -0.384 e. The molecule has 0 aliphatic carbocycles. The molecule has 8 N–H and O–H groups in total.